The summed E-state index contributed by atoms with van der Waals surface area (Å²) in [5.74, 6) is 0. The second kappa shape index (κ2) is 11.8. The van der Waals surface area contributed by atoms with Gasteiger partial charge in [-0.2, -0.15) is 0 Å². The predicted molar refractivity (Wildman–Crippen MR) is 244 cm³/mol. The number of aromatic nitrogens is 4. The third-order valence-corrected chi connectivity index (χ3v) is 12.3. The molecule has 0 unspecified atom stereocenters. The topological polar surface area (TPSA) is 19.7 Å². The summed E-state index contributed by atoms with van der Waals surface area (Å²) in [6.07, 6.45) is 0. The summed E-state index contributed by atoms with van der Waals surface area (Å²) >= 11 is 0. The molecule has 4 nitrogen and oxygen atoms in total. The zero-order chi connectivity index (χ0) is 37.9. The quantitative estimate of drug-likeness (QED) is 0.171. The van der Waals surface area contributed by atoms with Gasteiger partial charge in [0.05, 0.1) is 44.1 Å². The third-order valence-electron chi connectivity index (χ3n) is 12.3. The van der Waals surface area contributed by atoms with Gasteiger partial charge in [-0.15, -0.1) is 0 Å². The van der Waals surface area contributed by atoms with Crippen LogP contribution in [-0.4, -0.2) is 18.3 Å². The van der Waals surface area contributed by atoms with Crippen LogP contribution in [0.15, 0.2) is 206 Å². The van der Waals surface area contributed by atoms with Crippen LogP contribution in [0.2, 0.25) is 0 Å². The van der Waals surface area contributed by atoms with Crippen LogP contribution in [0, 0.1) is 0 Å². The molecule has 0 amide bonds. The van der Waals surface area contributed by atoms with Crippen molar-refractivity contribution in [3.05, 3.63) is 206 Å². The smallest absolute Gasteiger partial charge is 0.0641 e. The van der Waals surface area contributed by atoms with E-state index in [2.05, 4.69) is 225 Å². The SMILES string of the molecule is c1ccc(-n2c3ccccc3c3cc4c(cc32)c2ccc(-n3c5ccccc5c5c3ccc3c6ccccc6n(-c6ccccc6)c35)cc2n4-c2ccccc2)cc1. The Kier molecular flexibility index (Phi) is 6.41. The van der Waals surface area contributed by atoms with Gasteiger partial charge in [0.25, 0.3) is 0 Å². The van der Waals surface area contributed by atoms with Crippen LogP contribution in [-0.2, 0) is 0 Å². The molecule has 4 heteroatoms. The van der Waals surface area contributed by atoms with Crippen molar-refractivity contribution in [2.75, 3.05) is 0 Å². The van der Waals surface area contributed by atoms with E-state index in [0.29, 0.717) is 0 Å². The van der Waals surface area contributed by atoms with Crippen LogP contribution in [0.3, 0.4) is 0 Å². The first-order chi connectivity index (χ1) is 28.8. The number of hydrogen-bond donors (Lipinski definition) is 0. The Morgan fingerprint density at radius 2 is 0.603 bits per heavy atom. The number of para-hydroxylation sites is 6. The molecule has 0 saturated carbocycles. The van der Waals surface area contributed by atoms with Crippen molar-refractivity contribution >= 4 is 87.2 Å². The number of nitrogens with zero attached hydrogens (tertiary/aromatic N) is 4. The van der Waals surface area contributed by atoms with Crippen LogP contribution in [0.25, 0.3) is 110 Å². The van der Waals surface area contributed by atoms with Gasteiger partial charge in [-0.3, -0.25) is 0 Å². The highest BCUT2D eigenvalue weighted by Gasteiger charge is 2.23. The van der Waals surface area contributed by atoms with Gasteiger partial charge in [0, 0.05) is 65.8 Å². The molecule has 0 N–H and O–H groups in total. The van der Waals surface area contributed by atoms with Crippen molar-refractivity contribution < 1.29 is 0 Å². The van der Waals surface area contributed by atoms with E-state index in [1.165, 1.54) is 87.2 Å². The molecule has 0 aliphatic carbocycles. The van der Waals surface area contributed by atoms with Crippen molar-refractivity contribution in [2.24, 2.45) is 0 Å². The Labute approximate surface area is 333 Å². The highest BCUT2D eigenvalue weighted by atomic mass is 15.0. The molecule has 13 aromatic rings. The van der Waals surface area contributed by atoms with E-state index in [1.54, 1.807) is 0 Å². The lowest BCUT2D eigenvalue weighted by Crippen LogP contribution is -1.97. The van der Waals surface area contributed by atoms with Crippen molar-refractivity contribution in [1.29, 1.82) is 0 Å². The van der Waals surface area contributed by atoms with Crippen molar-refractivity contribution in [1.82, 2.24) is 18.3 Å². The Morgan fingerprint density at radius 1 is 0.207 bits per heavy atom. The molecule has 0 saturated heterocycles. The molecule has 0 fully saturated rings. The average Bonchev–Trinajstić information content (AvgIpc) is 4.01. The Hall–Kier alpha value is -7.82. The Morgan fingerprint density at radius 3 is 1.21 bits per heavy atom. The standard InChI is InChI=1S/C54H34N4/c1-4-16-35(17-5-1)55-46-25-13-11-23-40(46)44-33-52-45(34-51(44)55)41-29-28-38(32-50(41)56(52)36-18-6-2-7-19-36)57-48-27-15-12-24-43(48)53-49(57)31-30-42-39-22-10-14-26-47(39)58(54(42)53)37-20-8-3-9-21-37/h1-34H. The molecule has 0 aliphatic rings. The largest absolute Gasteiger partial charge is 0.309 e. The fourth-order valence-electron chi connectivity index (χ4n) is 9.95. The van der Waals surface area contributed by atoms with Gasteiger partial charge in [-0.1, -0.05) is 121 Å². The van der Waals surface area contributed by atoms with Crippen molar-refractivity contribution in [3.63, 3.8) is 0 Å². The molecule has 0 radical (unpaired) electrons. The minimum atomic E-state index is 1.13. The highest BCUT2D eigenvalue weighted by molar-refractivity contribution is 6.26. The van der Waals surface area contributed by atoms with Gasteiger partial charge >= 0.3 is 0 Å². The van der Waals surface area contributed by atoms with E-state index in [0.717, 1.165) is 22.7 Å². The van der Waals surface area contributed by atoms with Crippen LogP contribution in [0.1, 0.15) is 0 Å². The fourth-order valence-corrected chi connectivity index (χ4v) is 9.95. The Balaban J connectivity index is 1.14. The van der Waals surface area contributed by atoms with Crippen molar-refractivity contribution in [2.45, 2.75) is 0 Å². The second-order valence-electron chi connectivity index (χ2n) is 15.3. The highest BCUT2D eigenvalue weighted by Crippen LogP contribution is 2.44. The summed E-state index contributed by atoms with van der Waals surface area (Å²) in [7, 11) is 0. The maximum atomic E-state index is 2.47. The summed E-state index contributed by atoms with van der Waals surface area (Å²) in [6, 6.07) is 75.4. The molecule has 4 aromatic heterocycles. The lowest BCUT2D eigenvalue weighted by atomic mass is 10.1. The summed E-state index contributed by atoms with van der Waals surface area (Å²) in [5.41, 5.74) is 14.2. The number of hydrogen-bond acceptors (Lipinski definition) is 0. The predicted octanol–water partition coefficient (Wildman–Crippen LogP) is 14.1. The second-order valence-corrected chi connectivity index (χ2v) is 15.3. The minimum absolute atomic E-state index is 1.13. The normalized spacial score (nSPS) is 12.1. The van der Waals surface area contributed by atoms with E-state index in [4.69, 9.17) is 0 Å². The molecule has 0 atom stereocenters. The van der Waals surface area contributed by atoms with Crippen LogP contribution in [0.4, 0.5) is 0 Å². The lowest BCUT2D eigenvalue weighted by Gasteiger charge is -2.12. The van der Waals surface area contributed by atoms with Crippen LogP contribution < -0.4 is 0 Å². The van der Waals surface area contributed by atoms with E-state index in [1.807, 2.05) is 0 Å². The number of fused-ring (bicyclic) bond motifs is 13. The summed E-state index contributed by atoms with van der Waals surface area (Å²) in [4.78, 5) is 0. The summed E-state index contributed by atoms with van der Waals surface area (Å²) < 4.78 is 9.80. The molecular formula is C54H34N4. The summed E-state index contributed by atoms with van der Waals surface area (Å²) in [5, 5.41) is 9.96. The van der Waals surface area contributed by atoms with E-state index >= 15 is 0 Å². The summed E-state index contributed by atoms with van der Waals surface area (Å²) in [6.45, 7) is 0. The minimum Gasteiger partial charge on any atom is -0.309 e. The molecule has 270 valence electrons. The first kappa shape index (κ1) is 31.4. The lowest BCUT2D eigenvalue weighted by molar-refractivity contribution is 1.15. The average molecular weight is 739 g/mol. The van der Waals surface area contributed by atoms with Crippen molar-refractivity contribution in [3.8, 4) is 22.7 Å². The maximum absolute atomic E-state index is 2.47. The van der Waals surface area contributed by atoms with Crippen LogP contribution >= 0.6 is 0 Å². The zero-order valence-corrected chi connectivity index (χ0v) is 31.4. The first-order valence-electron chi connectivity index (χ1n) is 20.0. The first-order valence-corrected chi connectivity index (χ1v) is 20.0. The number of rotatable bonds is 4. The van der Waals surface area contributed by atoms with Gasteiger partial charge in [-0.25, -0.2) is 0 Å². The fraction of sp³-hybridized carbons (Fsp3) is 0. The Bertz CT molecular complexity index is 3770. The van der Waals surface area contributed by atoms with Crippen LogP contribution in [0.5, 0.6) is 0 Å². The molecule has 13 rings (SSSR count). The number of benzene rings is 9. The van der Waals surface area contributed by atoms with Gasteiger partial charge in [0.2, 0.25) is 0 Å². The molecule has 0 spiro atoms. The molecule has 0 aliphatic heterocycles. The van der Waals surface area contributed by atoms with Gasteiger partial charge in [0.1, 0.15) is 0 Å². The van der Waals surface area contributed by atoms with Gasteiger partial charge in [-0.05, 0) is 84.9 Å². The molecular weight excluding hydrogens is 705 g/mol. The van der Waals surface area contributed by atoms with E-state index in [9.17, 15) is 0 Å². The van der Waals surface area contributed by atoms with Gasteiger partial charge < -0.3 is 18.3 Å². The molecule has 9 aromatic carbocycles. The third kappa shape index (κ3) is 4.23. The van der Waals surface area contributed by atoms with Gasteiger partial charge in [0.15, 0.2) is 0 Å². The van der Waals surface area contributed by atoms with E-state index in [-0.39, 0.29) is 0 Å². The molecule has 0 bridgehead atoms. The molecule has 4 heterocycles. The monoisotopic (exact) mass is 738 g/mol. The van der Waals surface area contributed by atoms with E-state index < -0.39 is 0 Å². The maximum Gasteiger partial charge on any atom is 0.0641 e. The molecule has 58 heavy (non-hydrogen) atoms. The zero-order valence-electron chi connectivity index (χ0n) is 31.4.